The molecule has 0 saturated heterocycles. The minimum Gasteiger partial charge on any atom is -0.309 e. The third kappa shape index (κ3) is 2.43. The van der Waals surface area contributed by atoms with E-state index in [1.807, 2.05) is 25.0 Å². The summed E-state index contributed by atoms with van der Waals surface area (Å²) in [6, 6.07) is 9.31. The Morgan fingerprint density at radius 1 is 1.21 bits per heavy atom. The smallest absolute Gasteiger partial charge is 0.0605 e. The first kappa shape index (κ1) is 12.4. The monoisotopic (exact) mass is 255 g/mol. The molecule has 100 valence electrons. The molecule has 1 saturated carbocycles. The molecule has 0 aliphatic heterocycles. The van der Waals surface area contributed by atoms with Crippen LogP contribution < -0.4 is 5.32 Å². The molecule has 3 rings (SSSR count). The molecule has 3 heteroatoms. The molecule has 0 bridgehead atoms. The average molecular weight is 255 g/mol. The lowest BCUT2D eigenvalue weighted by atomic mass is 9.80. The summed E-state index contributed by atoms with van der Waals surface area (Å²) in [7, 11) is 3.95. The molecular formula is C16H21N3. The number of aromatic nitrogens is 2. The van der Waals surface area contributed by atoms with E-state index in [1.54, 1.807) is 0 Å². The summed E-state index contributed by atoms with van der Waals surface area (Å²) in [6.45, 7) is 0. The lowest BCUT2D eigenvalue weighted by Crippen LogP contribution is -2.17. The maximum atomic E-state index is 4.26. The Balaban J connectivity index is 1.83. The Labute approximate surface area is 114 Å². The summed E-state index contributed by atoms with van der Waals surface area (Å²) in [6.07, 6.45) is 8.11. The highest BCUT2D eigenvalue weighted by Gasteiger charge is 2.20. The summed E-state index contributed by atoms with van der Waals surface area (Å²) >= 11 is 0. The van der Waals surface area contributed by atoms with Crippen molar-refractivity contribution in [3.05, 3.63) is 53.3 Å². The van der Waals surface area contributed by atoms with Crippen molar-refractivity contribution in [2.45, 2.75) is 31.2 Å². The highest BCUT2D eigenvalue weighted by atomic mass is 15.2. The van der Waals surface area contributed by atoms with Crippen LogP contribution >= 0.6 is 0 Å². The number of rotatable bonds is 4. The molecule has 1 atom stereocenters. The Morgan fingerprint density at radius 2 is 1.95 bits per heavy atom. The average Bonchev–Trinajstić information content (AvgIpc) is 2.77. The fourth-order valence-electron chi connectivity index (χ4n) is 2.82. The molecule has 2 aromatic rings. The van der Waals surface area contributed by atoms with Crippen molar-refractivity contribution in [3.8, 4) is 0 Å². The van der Waals surface area contributed by atoms with Gasteiger partial charge in [-0.2, -0.15) is 5.10 Å². The van der Waals surface area contributed by atoms with Crippen molar-refractivity contribution in [2.75, 3.05) is 7.05 Å². The van der Waals surface area contributed by atoms with E-state index >= 15 is 0 Å². The number of hydrogen-bond donors (Lipinski definition) is 1. The minimum absolute atomic E-state index is 0.226. The van der Waals surface area contributed by atoms with Gasteiger partial charge in [-0.3, -0.25) is 4.68 Å². The maximum absolute atomic E-state index is 4.26. The molecule has 1 aromatic carbocycles. The Kier molecular flexibility index (Phi) is 3.38. The molecule has 1 aromatic heterocycles. The standard InChI is InChI=1S/C16H21N3/c1-17-16(15-10-18-19(2)11-15)14-8-6-13(7-9-14)12-4-3-5-12/h6-12,16-17H,3-5H2,1-2H3. The van der Waals surface area contributed by atoms with Gasteiger partial charge in [0.1, 0.15) is 0 Å². The topological polar surface area (TPSA) is 29.9 Å². The second-order valence-electron chi connectivity index (χ2n) is 5.46. The van der Waals surface area contributed by atoms with Gasteiger partial charge in [-0.1, -0.05) is 30.7 Å². The fraction of sp³-hybridized carbons (Fsp3) is 0.438. The van der Waals surface area contributed by atoms with E-state index in [9.17, 15) is 0 Å². The van der Waals surface area contributed by atoms with Gasteiger partial charge in [0.05, 0.1) is 12.2 Å². The summed E-state index contributed by atoms with van der Waals surface area (Å²) in [4.78, 5) is 0. The zero-order valence-electron chi connectivity index (χ0n) is 11.6. The van der Waals surface area contributed by atoms with Crippen molar-refractivity contribution in [2.24, 2.45) is 7.05 Å². The Hall–Kier alpha value is -1.61. The Bertz CT molecular complexity index is 537. The molecule has 1 aliphatic carbocycles. The van der Waals surface area contributed by atoms with Crippen LogP contribution in [0.5, 0.6) is 0 Å². The SMILES string of the molecule is CNC(c1ccc(C2CCC2)cc1)c1cnn(C)c1. The molecule has 1 heterocycles. The lowest BCUT2D eigenvalue weighted by molar-refractivity contribution is 0.419. The van der Waals surface area contributed by atoms with Gasteiger partial charge in [0, 0.05) is 18.8 Å². The van der Waals surface area contributed by atoms with Gasteiger partial charge in [0.25, 0.3) is 0 Å². The summed E-state index contributed by atoms with van der Waals surface area (Å²) in [5.41, 5.74) is 4.01. The van der Waals surface area contributed by atoms with Crippen LogP contribution in [0.25, 0.3) is 0 Å². The molecule has 19 heavy (non-hydrogen) atoms. The van der Waals surface area contributed by atoms with Crippen LogP contribution in [0, 0.1) is 0 Å². The second kappa shape index (κ2) is 5.17. The number of hydrogen-bond acceptors (Lipinski definition) is 2. The van der Waals surface area contributed by atoms with Gasteiger partial charge < -0.3 is 5.32 Å². The van der Waals surface area contributed by atoms with E-state index in [2.05, 4.69) is 40.9 Å². The van der Waals surface area contributed by atoms with Gasteiger partial charge in [-0.25, -0.2) is 0 Å². The zero-order chi connectivity index (χ0) is 13.2. The summed E-state index contributed by atoms with van der Waals surface area (Å²) in [5.74, 6) is 0.806. The molecule has 0 spiro atoms. The zero-order valence-corrected chi connectivity index (χ0v) is 11.6. The Morgan fingerprint density at radius 3 is 2.42 bits per heavy atom. The molecule has 3 nitrogen and oxygen atoms in total. The first-order valence-corrected chi connectivity index (χ1v) is 7.03. The largest absolute Gasteiger partial charge is 0.309 e. The molecular weight excluding hydrogens is 234 g/mol. The molecule has 0 amide bonds. The number of benzene rings is 1. The van der Waals surface area contributed by atoms with Crippen LogP contribution in [-0.4, -0.2) is 16.8 Å². The van der Waals surface area contributed by atoms with Gasteiger partial charge in [0.2, 0.25) is 0 Å². The van der Waals surface area contributed by atoms with Crippen molar-refractivity contribution >= 4 is 0 Å². The van der Waals surface area contributed by atoms with Crippen molar-refractivity contribution in [1.29, 1.82) is 0 Å². The van der Waals surface area contributed by atoms with Crippen LogP contribution in [0.2, 0.25) is 0 Å². The maximum Gasteiger partial charge on any atom is 0.0605 e. The van der Waals surface area contributed by atoms with Crippen LogP contribution in [0.4, 0.5) is 0 Å². The predicted molar refractivity (Wildman–Crippen MR) is 77.1 cm³/mol. The van der Waals surface area contributed by atoms with Crippen molar-refractivity contribution in [1.82, 2.24) is 15.1 Å². The van der Waals surface area contributed by atoms with E-state index in [4.69, 9.17) is 0 Å². The summed E-state index contributed by atoms with van der Waals surface area (Å²) < 4.78 is 1.85. The van der Waals surface area contributed by atoms with Gasteiger partial charge in [-0.15, -0.1) is 0 Å². The second-order valence-corrected chi connectivity index (χ2v) is 5.46. The molecule has 1 fully saturated rings. The third-order valence-electron chi connectivity index (χ3n) is 4.19. The normalized spacial score (nSPS) is 17.2. The van der Waals surface area contributed by atoms with E-state index < -0.39 is 0 Å². The van der Waals surface area contributed by atoms with Crippen LogP contribution in [0.1, 0.15) is 47.9 Å². The van der Waals surface area contributed by atoms with Crippen molar-refractivity contribution < 1.29 is 0 Å². The van der Waals surface area contributed by atoms with Crippen LogP contribution in [0.15, 0.2) is 36.7 Å². The molecule has 1 aliphatic rings. The first-order valence-electron chi connectivity index (χ1n) is 7.03. The third-order valence-corrected chi connectivity index (χ3v) is 4.19. The van der Waals surface area contributed by atoms with Crippen molar-refractivity contribution in [3.63, 3.8) is 0 Å². The number of nitrogens with one attached hydrogen (secondary N) is 1. The molecule has 1 N–H and O–H groups in total. The van der Waals surface area contributed by atoms with E-state index in [0.717, 1.165) is 5.92 Å². The van der Waals surface area contributed by atoms with E-state index in [-0.39, 0.29) is 6.04 Å². The fourth-order valence-corrected chi connectivity index (χ4v) is 2.82. The van der Waals surface area contributed by atoms with Gasteiger partial charge >= 0.3 is 0 Å². The predicted octanol–water partition coefficient (Wildman–Crippen LogP) is 3.00. The van der Waals surface area contributed by atoms with E-state index in [1.165, 1.54) is 36.0 Å². The van der Waals surface area contributed by atoms with Crippen LogP contribution in [0.3, 0.4) is 0 Å². The highest BCUT2D eigenvalue weighted by molar-refractivity contribution is 5.33. The number of aryl methyl sites for hydroxylation is 1. The van der Waals surface area contributed by atoms with Gasteiger partial charge in [-0.05, 0) is 36.9 Å². The first-order chi connectivity index (χ1) is 9.28. The quantitative estimate of drug-likeness (QED) is 0.910. The highest BCUT2D eigenvalue weighted by Crippen LogP contribution is 2.36. The van der Waals surface area contributed by atoms with Gasteiger partial charge in [0.15, 0.2) is 0 Å². The minimum atomic E-state index is 0.226. The summed E-state index contributed by atoms with van der Waals surface area (Å²) in [5, 5.41) is 7.63. The lowest BCUT2D eigenvalue weighted by Gasteiger charge is -2.26. The molecule has 0 radical (unpaired) electrons. The van der Waals surface area contributed by atoms with E-state index in [0.29, 0.717) is 0 Å². The van der Waals surface area contributed by atoms with Crippen LogP contribution in [-0.2, 0) is 7.05 Å². The molecule has 1 unspecified atom stereocenters. The number of nitrogens with zero attached hydrogens (tertiary/aromatic N) is 2.